The number of carbonyl (C=O) groups is 3. The Morgan fingerprint density at radius 1 is 1.17 bits per heavy atom. The van der Waals surface area contributed by atoms with Crippen LogP contribution >= 0.6 is 0 Å². The largest absolute Gasteiger partial charge is 0.465 e. The maximum atomic E-state index is 13.1. The van der Waals surface area contributed by atoms with Crippen LogP contribution in [0.3, 0.4) is 0 Å². The van der Waals surface area contributed by atoms with Gasteiger partial charge in [0.1, 0.15) is 6.04 Å². The standard InChI is InChI=1S/C21H22N4O5/c1-23-18-14(11-9-12-5-6-13(10-11)24(12)21(29)30)3-2-4-15(18)25(20(23)28)16-7-8-17(26)22-19(16)27/h2-4,9,12-13,16H,5-8,10H2,1H3,(H,29,30)(H,22,26,27)/t12-,13+,16?/m0/s1. The Hall–Kier alpha value is -3.36. The van der Waals surface area contributed by atoms with Gasteiger partial charge in [0.05, 0.1) is 17.1 Å². The molecule has 2 fully saturated rings. The van der Waals surface area contributed by atoms with Gasteiger partial charge < -0.3 is 5.11 Å². The molecule has 3 aliphatic rings. The van der Waals surface area contributed by atoms with E-state index in [1.165, 1.54) is 9.47 Å². The molecule has 2 aromatic rings. The molecule has 5 rings (SSSR count). The zero-order chi connectivity index (χ0) is 21.2. The van der Waals surface area contributed by atoms with Crippen LogP contribution in [0.2, 0.25) is 0 Å². The van der Waals surface area contributed by atoms with Crippen LogP contribution in [0.1, 0.15) is 43.7 Å². The van der Waals surface area contributed by atoms with Crippen LogP contribution < -0.4 is 11.0 Å². The van der Waals surface area contributed by atoms with Gasteiger partial charge in [0.2, 0.25) is 11.8 Å². The quantitative estimate of drug-likeness (QED) is 0.731. The number of rotatable bonds is 2. The van der Waals surface area contributed by atoms with E-state index < -0.39 is 18.0 Å². The number of imidazole rings is 1. The van der Waals surface area contributed by atoms with Crippen LogP contribution in [0.4, 0.5) is 4.79 Å². The van der Waals surface area contributed by atoms with E-state index in [1.807, 2.05) is 24.3 Å². The van der Waals surface area contributed by atoms with Crippen molar-refractivity contribution in [3.8, 4) is 0 Å². The van der Waals surface area contributed by atoms with Crippen molar-refractivity contribution in [1.82, 2.24) is 19.4 Å². The summed E-state index contributed by atoms with van der Waals surface area (Å²) in [7, 11) is 1.68. The minimum absolute atomic E-state index is 0.0583. The van der Waals surface area contributed by atoms with E-state index in [2.05, 4.69) is 5.32 Å². The average Bonchev–Trinajstić information content (AvgIpc) is 3.13. The van der Waals surface area contributed by atoms with E-state index >= 15 is 0 Å². The third kappa shape index (κ3) is 2.61. The van der Waals surface area contributed by atoms with Crippen molar-refractivity contribution in [3.63, 3.8) is 0 Å². The first-order chi connectivity index (χ1) is 14.4. The number of para-hydroxylation sites is 1. The summed E-state index contributed by atoms with van der Waals surface area (Å²) < 4.78 is 3.02. The monoisotopic (exact) mass is 410 g/mol. The molecular weight excluding hydrogens is 388 g/mol. The predicted octanol–water partition coefficient (Wildman–Crippen LogP) is 1.62. The first-order valence-corrected chi connectivity index (χ1v) is 10.1. The molecule has 0 saturated carbocycles. The van der Waals surface area contributed by atoms with E-state index in [0.29, 0.717) is 11.9 Å². The highest BCUT2D eigenvalue weighted by molar-refractivity contribution is 6.00. The number of imide groups is 1. The van der Waals surface area contributed by atoms with Gasteiger partial charge in [-0.25, -0.2) is 9.59 Å². The number of aromatic nitrogens is 2. The lowest BCUT2D eigenvalue weighted by Crippen LogP contribution is -2.44. The second-order valence-corrected chi connectivity index (χ2v) is 8.24. The van der Waals surface area contributed by atoms with Crippen molar-refractivity contribution in [2.75, 3.05) is 0 Å². The minimum atomic E-state index is -0.896. The van der Waals surface area contributed by atoms with Crippen molar-refractivity contribution < 1.29 is 19.5 Å². The molecule has 156 valence electrons. The molecule has 1 unspecified atom stereocenters. The smallest absolute Gasteiger partial charge is 0.408 e. The van der Waals surface area contributed by atoms with Gasteiger partial charge in [-0.05, 0) is 37.3 Å². The lowest BCUT2D eigenvalue weighted by Gasteiger charge is -2.32. The van der Waals surface area contributed by atoms with Crippen LogP contribution in [0.5, 0.6) is 0 Å². The summed E-state index contributed by atoms with van der Waals surface area (Å²) in [6.45, 7) is 0. The number of hydrogen-bond donors (Lipinski definition) is 2. The summed E-state index contributed by atoms with van der Waals surface area (Å²) in [6.07, 6.45) is 3.80. The topological polar surface area (TPSA) is 114 Å². The first kappa shape index (κ1) is 18.7. The van der Waals surface area contributed by atoms with Crippen LogP contribution in [-0.4, -0.2) is 49.1 Å². The molecule has 30 heavy (non-hydrogen) atoms. The molecule has 4 heterocycles. The Bertz CT molecular complexity index is 1190. The highest BCUT2D eigenvalue weighted by Gasteiger charge is 2.40. The van der Waals surface area contributed by atoms with E-state index in [1.54, 1.807) is 11.6 Å². The summed E-state index contributed by atoms with van der Waals surface area (Å²) in [6, 6.07) is 4.67. The molecule has 2 bridgehead atoms. The van der Waals surface area contributed by atoms with Crippen molar-refractivity contribution in [3.05, 3.63) is 40.3 Å². The molecule has 0 spiro atoms. The summed E-state index contributed by atoms with van der Waals surface area (Å²) in [5.41, 5.74) is 2.98. The number of benzene rings is 1. The van der Waals surface area contributed by atoms with Gasteiger partial charge in [-0.3, -0.25) is 28.9 Å². The number of nitrogens with one attached hydrogen (secondary N) is 1. The highest BCUT2D eigenvalue weighted by atomic mass is 16.4. The fourth-order valence-electron chi connectivity index (χ4n) is 5.26. The van der Waals surface area contributed by atoms with Crippen LogP contribution in [-0.2, 0) is 16.6 Å². The van der Waals surface area contributed by atoms with E-state index in [0.717, 1.165) is 29.5 Å². The number of hydrogen-bond acceptors (Lipinski definition) is 4. The molecule has 2 N–H and O–H groups in total. The number of aryl methyl sites for hydroxylation is 1. The second-order valence-electron chi connectivity index (χ2n) is 8.24. The fourth-order valence-corrected chi connectivity index (χ4v) is 5.26. The Morgan fingerprint density at radius 2 is 1.97 bits per heavy atom. The predicted molar refractivity (Wildman–Crippen MR) is 108 cm³/mol. The number of fused-ring (bicyclic) bond motifs is 3. The van der Waals surface area contributed by atoms with Gasteiger partial charge in [0.15, 0.2) is 0 Å². The number of carbonyl (C=O) groups excluding carboxylic acids is 2. The maximum Gasteiger partial charge on any atom is 0.408 e. The maximum absolute atomic E-state index is 13.1. The summed E-state index contributed by atoms with van der Waals surface area (Å²) in [5.74, 6) is -0.783. The van der Waals surface area contributed by atoms with Gasteiger partial charge in [-0.2, -0.15) is 0 Å². The van der Waals surface area contributed by atoms with Crippen molar-refractivity contribution >= 4 is 34.5 Å². The number of amides is 3. The van der Waals surface area contributed by atoms with Gasteiger partial charge in [0, 0.05) is 25.1 Å². The highest BCUT2D eigenvalue weighted by Crippen LogP contribution is 2.40. The third-order valence-corrected chi connectivity index (χ3v) is 6.59. The van der Waals surface area contributed by atoms with Crippen molar-refractivity contribution in [2.24, 2.45) is 7.05 Å². The van der Waals surface area contributed by atoms with Crippen LogP contribution in [0.15, 0.2) is 29.1 Å². The number of nitrogens with zero attached hydrogens (tertiary/aromatic N) is 3. The SMILES string of the molecule is Cn1c(=O)n(C2CCC(=O)NC2=O)c2cccc(C3=C[C@@H]4CC[C@H](C3)N4C(=O)O)c21. The lowest BCUT2D eigenvalue weighted by atomic mass is 9.94. The minimum Gasteiger partial charge on any atom is -0.465 e. The average molecular weight is 410 g/mol. The number of piperidine rings is 1. The third-order valence-electron chi connectivity index (χ3n) is 6.59. The Labute approximate surface area is 171 Å². The molecule has 3 aliphatic heterocycles. The van der Waals surface area contributed by atoms with Crippen LogP contribution in [0, 0.1) is 0 Å². The van der Waals surface area contributed by atoms with E-state index in [-0.39, 0.29) is 36.5 Å². The first-order valence-electron chi connectivity index (χ1n) is 10.1. The van der Waals surface area contributed by atoms with E-state index in [4.69, 9.17) is 0 Å². The van der Waals surface area contributed by atoms with Gasteiger partial charge in [-0.1, -0.05) is 18.2 Å². The molecule has 9 heteroatoms. The van der Waals surface area contributed by atoms with Gasteiger partial charge >= 0.3 is 11.8 Å². The second kappa shape index (κ2) is 6.58. The molecule has 3 atom stereocenters. The summed E-state index contributed by atoms with van der Waals surface area (Å²) in [5, 5.41) is 11.8. The Kier molecular flexibility index (Phi) is 4.09. The lowest BCUT2D eigenvalue weighted by molar-refractivity contribution is -0.135. The van der Waals surface area contributed by atoms with Crippen molar-refractivity contribution in [1.29, 1.82) is 0 Å². The fraction of sp³-hybridized carbons (Fsp3) is 0.429. The Morgan fingerprint density at radius 3 is 2.67 bits per heavy atom. The zero-order valence-corrected chi connectivity index (χ0v) is 16.5. The molecule has 1 aromatic carbocycles. The molecule has 9 nitrogen and oxygen atoms in total. The Balaban J connectivity index is 1.64. The summed E-state index contributed by atoms with van der Waals surface area (Å²) in [4.78, 5) is 50.1. The molecule has 0 aliphatic carbocycles. The normalized spacial score (nSPS) is 26.1. The molecule has 2 saturated heterocycles. The number of carboxylic acid groups (broad SMARTS) is 1. The van der Waals surface area contributed by atoms with Gasteiger partial charge in [-0.15, -0.1) is 0 Å². The zero-order valence-electron chi connectivity index (χ0n) is 16.5. The molecule has 3 amide bonds. The molecular formula is C21H22N4O5. The molecule has 0 radical (unpaired) electrons. The summed E-state index contributed by atoms with van der Waals surface area (Å²) >= 11 is 0. The van der Waals surface area contributed by atoms with Crippen LogP contribution in [0.25, 0.3) is 16.6 Å². The van der Waals surface area contributed by atoms with Crippen molar-refractivity contribution in [2.45, 2.75) is 50.2 Å². The van der Waals surface area contributed by atoms with E-state index in [9.17, 15) is 24.3 Å². The van der Waals surface area contributed by atoms with Gasteiger partial charge in [0.25, 0.3) is 0 Å². The molecule has 1 aromatic heterocycles.